The Labute approximate surface area is 561 Å². The second-order valence-corrected chi connectivity index (χ2v) is 25.6. The molecule has 0 unspecified atom stereocenters. The minimum absolute atomic E-state index is 0.416. The topological polar surface area (TPSA) is 113 Å². The molecule has 99 heavy (non-hydrogen) atoms. The number of benzene rings is 12. The highest BCUT2D eigenvalue weighted by Crippen LogP contribution is 2.53. The van der Waals surface area contributed by atoms with E-state index < -0.39 is 0 Å². The van der Waals surface area contributed by atoms with Crippen LogP contribution in [0, 0.1) is 11.3 Å². The van der Waals surface area contributed by atoms with Crippen LogP contribution in [0.2, 0.25) is 0 Å². The number of rotatable bonds is 7. The Morgan fingerprint density at radius 1 is 0.253 bits per heavy atom. The summed E-state index contributed by atoms with van der Waals surface area (Å²) in [5.41, 5.74) is 22.7. The van der Waals surface area contributed by atoms with E-state index in [4.69, 9.17) is 23.8 Å². The van der Waals surface area contributed by atoms with Crippen LogP contribution in [0.15, 0.2) is 306 Å². The van der Waals surface area contributed by atoms with Crippen LogP contribution in [0.25, 0.3) is 204 Å². The number of fused-ring (bicyclic) bond motifs is 21. The molecular weight excluding hydrogens is 1220 g/mol. The lowest BCUT2D eigenvalue weighted by molar-refractivity contribution is 0.669. The quantitative estimate of drug-likeness (QED) is 0.157. The SMILES string of the molecule is N#Cc1c(-n2c3ccccc3c3ncccc32)c(-n2c3ccccc3c3cc(-c4cccc5c4oc4ccccc45)ccc32)c(-n2c3ccccc3c3ncccc32)c(-n2c3ccccc3c3cc(-c4cccc5c4oc4ccccc45)ccc32)c1-n1c2ccccc2c2ncccc21. The van der Waals surface area contributed by atoms with Gasteiger partial charge in [0.05, 0.1) is 100 Å². The fourth-order valence-electron chi connectivity index (χ4n) is 16.6. The third-order valence-electron chi connectivity index (χ3n) is 20.7. The summed E-state index contributed by atoms with van der Waals surface area (Å²) in [6.07, 6.45) is 5.62. The summed E-state index contributed by atoms with van der Waals surface area (Å²) in [5.74, 6) is 0. The van der Waals surface area contributed by atoms with Gasteiger partial charge in [0, 0.05) is 89.0 Å². The lowest BCUT2D eigenvalue weighted by Gasteiger charge is -2.30. The van der Waals surface area contributed by atoms with Crippen LogP contribution in [0.3, 0.4) is 0 Å². The van der Waals surface area contributed by atoms with Gasteiger partial charge in [-0.25, -0.2) is 0 Å². The van der Waals surface area contributed by atoms with Crippen molar-refractivity contribution in [2.75, 3.05) is 0 Å². The molecule has 458 valence electrons. The molecule has 22 aromatic rings. The van der Waals surface area contributed by atoms with Crippen molar-refractivity contribution in [3.63, 3.8) is 0 Å². The zero-order valence-electron chi connectivity index (χ0n) is 52.6. The molecular formula is C88H49N9O2. The molecule has 22 rings (SSSR count). The normalized spacial score (nSPS) is 12.2. The molecule has 0 radical (unpaired) electrons. The lowest BCUT2D eigenvalue weighted by atomic mass is 9.99. The van der Waals surface area contributed by atoms with E-state index in [9.17, 15) is 5.26 Å². The lowest BCUT2D eigenvalue weighted by Crippen LogP contribution is -2.18. The van der Waals surface area contributed by atoms with E-state index in [1.165, 1.54) is 0 Å². The average Bonchev–Trinajstić information content (AvgIpc) is 1.57. The molecule has 0 saturated carbocycles. The predicted molar refractivity (Wildman–Crippen MR) is 402 cm³/mol. The van der Waals surface area contributed by atoms with E-state index in [0.717, 1.165) is 193 Å². The first-order valence-corrected chi connectivity index (χ1v) is 33.2. The average molecular weight is 1260 g/mol. The highest BCUT2D eigenvalue weighted by Gasteiger charge is 2.37. The first-order valence-electron chi connectivity index (χ1n) is 33.2. The first kappa shape index (κ1) is 53.5. The number of nitriles is 1. The molecule has 0 amide bonds. The summed E-state index contributed by atoms with van der Waals surface area (Å²) >= 11 is 0. The molecule has 0 N–H and O–H groups in total. The summed E-state index contributed by atoms with van der Waals surface area (Å²) in [4.78, 5) is 15.7. The third kappa shape index (κ3) is 7.24. The molecule has 0 aliphatic carbocycles. The van der Waals surface area contributed by atoms with Gasteiger partial charge in [0.1, 0.15) is 34.0 Å². The van der Waals surface area contributed by atoms with E-state index in [0.29, 0.717) is 16.9 Å². The van der Waals surface area contributed by atoms with Crippen LogP contribution in [-0.2, 0) is 0 Å². The Bertz CT molecular complexity index is 6810. The van der Waals surface area contributed by atoms with Crippen LogP contribution in [0.5, 0.6) is 0 Å². The van der Waals surface area contributed by atoms with Gasteiger partial charge in [-0.05, 0) is 114 Å². The van der Waals surface area contributed by atoms with E-state index in [1.807, 2.05) is 61.1 Å². The standard InChI is InChI=1S/C88H49N9O2/c89-50-66-82(95-69-33-10-3-24-61(69)79-74(95)36-17-45-90-79)84(93-67-31-8-1-20-55(67)64-48-51(41-43-72(64)93)53-27-15-29-59-57-22-6-13-39-77(57)98-87(53)59)86(97-71-35-12-5-26-63(71)81-76(97)38-19-47-92-81)85(83(66)96-70-34-11-4-25-62(70)80-75(96)37-18-46-91-80)94-68-32-9-2-21-56(68)65-49-52(42-44-73(65)94)54-28-16-30-60-58-23-7-14-40-78(58)99-88(54)60/h1-49H. The van der Waals surface area contributed by atoms with Crippen molar-refractivity contribution in [3.8, 4) is 56.8 Å². The molecule has 0 aliphatic rings. The molecule has 10 aromatic heterocycles. The van der Waals surface area contributed by atoms with E-state index in [2.05, 4.69) is 265 Å². The van der Waals surface area contributed by atoms with Crippen molar-refractivity contribution < 1.29 is 8.83 Å². The van der Waals surface area contributed by atoms with Crippen LogP contribution in [0.1, 0.15) is 5.56 Å². The number of hydrogen-bond donors (Lipinski definition) is 0. The van der Waals surface area contributed by atoms with Crippen molar-refractivity contribution in [3.05, 3.63) is 303 Å². The number of para-hydroxylation sites is 9. The molecule has 0 atom stereocenters. The van der Waals surface area contributed by atoms with Crippen molar-refractivity contribution in [1.82, 2.24) is 37.8 Å². The zero-order valence-corrected chi connectivity index (χ0v) is 52.6. The fraction of sp³-hybridized carbons (Fsp3) is 0. The number of aromatic nitrogens is 8. The van der Waals surface area contributed by atoms with Crippen molar-refractivity contribution in [2.24, 2.45) is 0 Å². The van der Waals surface area contributed by atoms with Gasteiger partial charge in [0.2, 0.25) is 0 Å². The molecule has 12 aromatic carbocycles. The van der Waals surface area contributed by atoms with Crippen molar-refractivity contribution >= 4 is 153 Å². The van der Waals surface area contributed by atoms with Gasteiger partial charge in [0.25, 0.3) is 0 Å². The van der Waals surface area contributed by atoms with Crippen LogP contribution in [0.4, 0.5) is 0 Å². The van der Waals surface area contributed by atoms with Crippen molar-refractivity contribution in [2.45, 2.75) is 0 Å². The first-order chi connectivity index (χ1) is 49.1. The fourth-order valence-corrected chi connectivity index (χ4v) is 16.6. The number of hydrogen-bond acceptors (Lipinski definition) is 6. The second-order valence-electron chi connectivity index (χ2n) is 25.6. The molecule has 0 saturated heterocycles. The second kappa shape index (κ2) is 20.1. The molecule has 0 spiro atoms. The number of pyridine rings is 3. The van der Waals surface area contributed by atoms with Gasteiger partial charge in [-0.3, -0.25) is 15.0 Å². The van der Waals surface area contributed by atoms with E-state index in [-0.39, 0.29) is 0 Å². The summed E-state index contributed by atoms with van der Waals surface area (Å²) in [6.45, 7) is 0. The number of nitrogens with zero attached hydrogens (tertiary/aromatic N) is 9. The van der Waals surface area contributed by atoms with Gasteiger partial charge in [-0.2, -0.15) is 5.26 Å². The van der Waals surface area contributed by atoms with Gasteiger partial charge in [0.15, 0.2) is 0 Å². The zero-order chi connectivity index (χ0) is 64.7. The highest BCUT2D eigenvalue weighted by molar-refractivity contribution is 6.19. The Hall–Kier alpha value is -13.8. The molecule has 11 heteroatoms. The molecule has 0 fully saturated rings. The minimum Gasteiger partial charge on any atom is -0.455 e. The maximum Gasteiger partial charge on any atom is 0.143 e. The Morgan fingerprint density at radius 3 is 0.960 bits per heavy atom. The summed E-state index contributed by atoms with van der Waals surface area (Å²) < 4.78 is 25.5. The monoisotopic (exact) mass is 1260 g/mol. The molecule has 0 aliphatic heterocycles. The Kier molecular flexibility index (Phi) is 10.9. The van der Waals surface area contributed by atoms with Crippen LogP contribution < -0.4 is 0 Å². The predicted octanol–water partition coefficient (Wildman–Crippen LogP) is 22.4. The van der Waals surface area contributed by atoms with E-state index in [1.54, 1.807) is 0 Å². The summed E-state index contributed by atoms with van der Waals surface area (Å²) in [6, 6.07) is 102. The third-order valence-corrected chi connectivity index (χ3v) is 20.7. The highest BCUT2D eigenvalue weighted by atomic mass is 16.3. The van der Waals surface area contributed by atoms with Gasteiger partial charge in [-0.15, -0.1) is 0 Å². The Morgan fingerprint density at radius 2 is 0.556 bits per heavy atom. The van der Waals surface area contributed by atoms with E-state index >= 15 is 0 Å². The van der Waals surface area contributed by atoms with Gasteiger partial charge >= 0.3 is 0 Å². The molecule has 10 heterocycles. The minimum atomic E-state index is 0.416. The van der Waals surface area contributed by atoms with Gasteiger partial charge in [-0.1, -0.05) is 176 Å². The molecule has 11 nitrogen and oxygen atoms in total. The smallest absolute Gasteiger partial charge is 0.143 e. The maximum atomic E-state index is 13.4. The summed E-state index contributed by atoms with van der Waals surface area (Å²) in [5, 5.41) is 24.6. The van der Waals surface area contributed by atoms with Crippen LogP contribution in [-0.4, -0.2) is 37.8 Å². The molecule has 0 bridgehead atoms. The van der Waals surface area contributed by atoms with Crippen LogP contribution >= 0.6 is 0 Å². The van der Waals surface area contributed by atoms with Gasteiger partial charge < -0.3 is 31.7 Å². The maximum absolute atomic E-state index is 13.4. The Balaban J connectivity index is 0.998. The van der Waals surface area contributed by atoms with Crippen molar-refractivity contribution in [1.29, 1.82) is 5.26 Å². The number of furan rings is 2. The largest absolute Gasteiger partial charge is 0.455 e. The summed E-state index contributed by atoms with van der Waals surface area (Å²) in [7, 11) is 0.